The van der Waals surface area contributed by atoms with Crippen molar-refractivity contribution in [1.29, 1.82) is 0 Å². The number of amides is 1. The third-order valence-electron chi connectivity index (χ3n) is 5.90. The molecular weight excluding hydrogens is 358 g/mol. The van der Waals surface area contributed by atoms with Crippen molar-refractivity contribution in [2.24, 2.45) is 0 Å². The molecule has 0 spiro atoms. The van der Waals surface area contributed by atoms with Gasteiger partial charge < -0.3 is 10.1 Å². The number of carbonyl (C=O) groups is 1. The van der Waals surface area contributed by atoms with Crippen LogP contribution in [0.5, 0.6) is 5.75 Å². The van der Waals surface area contributed by atoms with Crippen molar-refractivity contribution >= 4 is 5.91 Å². The van der Waals surface area contributed by atoms with Crippen molar-refractivity contribution in [2.45, 2.75) is 84.3 Å². The third-order valence-corrected chi connectivity index (χ3v) is 5.90. The van der Waals surface area contributed by atoms with E-state index in [1.807, 2.05) is 19.1 Å². The highest BCUT2D eigenvalue weighted by Crippen LogP contribution is 2.27. The summed E-state index contributed by atoms with van der Waals surface area (Å²) >= 11 is 0. The first-order valence-electron chi connectivity index (χ1n) is 11.0. The Hall–Kier alpha value is -2.29. The van der Waals surface area contributed by atoms with E-state index in [1.54, 1.807) is 0 Å². The highest BCUT2D eigenvalue weighted by Gasteiger charge is 2.21. The average Bonchev–Trinajstić information content (AvgIpc) is 2.71. The fourth-order valence-electron chi connectivity index (χ4n) is 3.97. The minimum atomic E-state index is -0.540. The van der Waals surface area contributed by atoms with Crippen molar-refractivity contribution in [3.63, 3.8) is 0 Å². The molecule has 0 aliphatic heterocycles. The van der Waals surface area contributed by atoms with Crippen molar-refractivity contribution in [1.82, 2.24) is 5.32 Å². The molecule has 0 saturated heterocycles. The number of aryl methyl sites for hydroxylation is 2. The van der Waals surface area contributed by atoms with Crippen molar-refractivity contribution in [3.8, 4) is 5.75 Å². The second-order valence-corrected chi connectivity index (χ2v) is 9.24. The Morgan fingerprint density at radius 1 is 1.03 bits per heavy atom. The molecule has 0 heterocycles. The van der Waals surface area contributed by atoms with Gasteiger partial charge in [-0.25, -0.2) is 0 Å². The Morgan fingerprint density at radius 3 is 2.31 bits per heavy atom. The summed E-state index contributed by atoms with van der Waals surface area (Å²) in [7, 11) is 0. The van der Waals surface area contributed by atoms with Gasteiger partial charge in [0.05, 0.1) is 6.04 Å². The number of ether oxygens (including phenoxy) is 1. The van der Waals surface area contributed by atoms with Crippen LogP contribution < -0.4 is 10.1 Å². The van der Waals surface area contributed by atoms with Gasteiger partial charge >= 0.3 is 0 Å². The summed E-state index contributed by atoms with van der Waals surface area (Å²) in [5.74, 6) is 0.650. The molecule has 0 aromatic heterocycles. The lowest BCUT2D eigenvalue weighted by Gasteiger charge is -2.24. The predicted molar refractivity (Wildman–Crippen MR) is 119 cm³/mol. The van der Waals surface area contributed by atoms with Crippen LogP contribution in [0.2, 0.25) is 0 Å². The highest BCUT2D eigenvalue weighted by molar-refractivity contribution is 5.81. The normalized spacial score (nSPS) is 15.9. The lowest BCUT2D eigenvalue weighted by Crippen LogP contribution is -2.38. The third kappa shape index (κ3) is 5.41. The van der Waals surface area contributed by atoms with Crippen LogP contribution in [0.25, 0.3) is 0 Å². The van der Waals surface area contributed by atoms with E-state index in [9.17, 15) is 4.79 Å². The smallest absolute Gasteiger partial charge is 0.261 e. The minimum absolute atomic E-state index is 0.0176. The van der Waals surface area contributed by atoms with E-state index < -0.39 is 6.10 Å². The topological polar surface area (TPSA) is 38.3 Å². The van der Waals surface area contributed by atoms with Gasteiger partial charge in [-0.15, -0.1) is 0 Å². The van der Waals surface area contributed by atoms with Crippen LogP contribution in [0.4, 0.5) is 0 Å². The molecule has 0 saturated carbocycles. The average molecular weight is 394 g/mol. The number of hydrogen-bond acceptors (Lipinski definition) is 2. The SMILES string of the molecule is CC[C@H](NC(=O)[C@@H](C)Oc1ccc(C(C)(C)C)cc1)c1ccc2c(c1)CCCC2. The van der Waals surface area contributed by atoms with Crippen LogP contribution >= 0.6 is 0 Å². The van der Waals surface area contributed by atoms with Crippen LogP contribution in [-0.2, 0) is 23.1 Å². The van der Waals surface area contributed by atoms with Gasteiger partial charge in [-0.1, -0.05) is 58.0 Å². The molecule has 1 N–H and O–H groups in total. The molecule has 2 atom stereocenters. The number of nitrogens with one attached hydrogen (secondary N) is 1. The summed E-state index contributed by atoms with van der Waals surface area (Å²) < 4.78 is 5.90. The molecular formula is C26H35NO2. The van der Waals surface area contributed by atoms with Gasteiger partial charge in [0, 0.05) is 0 Å². The molecule has 1 aliphatic carbocycles. The van der Waals surface area contributed by atoms with E-state index in [1.165, 1.54) is 41.5 Å². The first-order chi connectivity index (χ1) is 13.8. The number of fused-ring (bicyclic) bond motifs is 1. The maximum Gasteiger partial charge on any atom is 0.261 e. The number of carbonyl (C=O) groups excluding carboxylic acids is 1. The van der Waals surface area contributed by atoms with Gasteiger partial charge in [-0.05, 0) is 78.8 Å². The van der Waals surface area contributed by atoms with E-state index in [4.69, 9.17) is 4.74 Å². The molecule has 1 aliphatic rings. The van der Waals surface area contributed by atoms with E-state index in [-0.39, 0.29) is 17.4 Å². The molecule has 0 unspecified atom stereocenters. The van der Waals surface area contributed by atoms with Gasteiger partial charge in [0.2, 0.25) is 0 Å². The van der Waals surface area contributed by atoms with E-state index in [0.717, 1.165) is 18.6 Å². The first-order valence-corrected chi connectivity index (χ1v) is 11.0. The largest absolute Gasteiger partial charge is 0.481 e. The summed E-state index contributed by atoms with van der Waals surface area (Å²) in [6, 6.07) is 14.8. The monoisotopic (exact) mass is 393 g/mol. The fraction of sp³-hybridized carbons (Fsp3) is 0.500. The molecule has 2 aromatic rings. The Balaban J connectivity index is 1.63. The van der Waals surface area contributed by atoms with Crippen LogP contribution in [0.15, 0.2) is 42.5 Å². The molecule has 0 fully saturated rings. The molecule has 1 amide bonds. The second-order valence-electron chi connectivity index (χ2n) is 9.24. The van der Waals surface area contributed by atoms with E-state index in [0.29, 0.717) is 0 Å². The fourth-order valence-corrected chi connectivity index (χ4v) is 3.97. The Bertz CT molecular complexity index is 833. The molecule has 3 heteroatoms. The van der Waals surface area contributed by atoms with Gasteiger partial charge in [0.25, 0.3) is 5.91 Å². The summed E-state index contributed by atoms with van der Waals surface area (Å²) in [6.45, 7) is 10.5. The Kier molecular flexibility index (Phi) is 6.66. The summed E-state index contributed by atoms with van der Waals surface area (Å²) in [6.07, 6.45) is 5.19. The predicted octanol–water partition coefficient (Wildman–Crippen LogP) is 5.90. The minimum Gasteiger partial charge on any atom is -0.481 e. The number of hydrogen-bond donors (Lipinski definition) is 1. The first kappa shape index (κ1) is 21.4. The van der Waals surface area contributed by atoms with Crippen molar-refractivity contribution in [3.05, 3.63) is 64.7 Å². The molecule has 2 aromatic carbocycles. The Morgan fingerprint density at radius 2 is 1.69 bits per heavy atom. The molecule has 29 heavy (non-hydrogen) atoms. The van der Waals surface area contributed by atoms with Crippen molar-refractivity contribution in [2.75, 3.05) is 0 Å². The van der Waals surface area contributed by atoms with Crippen LogP contribution in [0.3, 0.4) is 0 Å². The summed E-state index contributed by atoms with van der Waals surface area (Å²) in [5.41, 5.74) is 5.47. The summed E-state index contributed by atoms with van der Waals surface area (Å²) in [4.78, 5) is 12.8. The lowest BCUT2D eigenvalue weighted by molar-refractivity contribution is -0.128. The van der Waals surface area contributed by atoms with E-state index >= 15 is 0 Å². The molecule has 3 nitrogen and oxygen atoms in total. The van der Waals surface area contributed by atoms with E-state index in [2.05, 4.69) is 63.3 Å². The molecule has 156 valence electrons. The summed E-state index contributed by atoms with van der Waals surface area (Å²) in [5, 5.41) is 3.18. The zero-order chi connectivity index (χ0) is 21.0. The molecule has 0 bridgehead atoms. The van der Waals surface area contributed by atoms with Crippen LogP contribution in [-0.4, -0.2) is 12.0 Å². The standard InChI is InChI=1S/C26H35NO2/c1-6-24(21-12-11-19-9-7-8-10-20(19)17-21)27-25(28)18(2)29-23-15-13-22(14-16-23)26(3,4)5/h11-18,24H,6-10H2,1-5H3,(H,27,28)/t18-,24+/m1/s1. The number of rotatable bonds is 6. The highest BCUT2D eigenvalue weighted by atomic mass is 16.5. The van der Waals surface area contributed by atoms with Gasteiger partial charge in [0.15, 0.2) is 6.10 Å². The quantitative estimate of drug-likeness (QED) is 0.664. The van der Waals surface area contributed by atoms with Crippen LogP contribution in [0.1, 0.15) is 82.2 Å². The van der Waals surface area contributed by atoms with Crippen LogP contribution in [0, 0.1) is 0 Å². The molecule has 0 radical (unpaired) electrons. The maximum atomic E-state index is 12.8. The van der Waals surface area contributed by atoms with Gasteiger partial charge in [-0.2, -0.15) is 0 Å². The Labute approximate surface area is 175 Å². The lowest BCUT2D eigenvalue weighted by atomic mass is 9.87. The van der Waals surface area contributed by atoms with Gasteiger partial charge in [-0.3, -0.25) is 4.79 Å². The molecule has 3 rings (SSSR count). The second kappa shape index (κ2) is 9.02. The number of benzene rings is 2. The maximum absolute atomic E-state index is 12.8. The van der Waals surface area contributed by atoms with Gasteiger partial charge in [0.1, 0.15) is 5.75 Å². The zero-order valence-corrected chi connectivity index (χ0v) is 18.5. The van der Waals surface area contributed by atoms with Crippen molar-refractivity contribution < 1.29 is 9.53 Å². The zero-order valence-electron chi connectivity index (χ0n) is 18.5.